The molecule has 0 radical (unpaired) electrons. The zero-order chi connectivity index (χ0) is 15.4. The van der Waals surface area contributed by atoms with Gasteiger partial charge >= 0.3 is 6.03 Å². The Kier molecular flexibility index (Phi) is 4.34. The molecule has 1 fully saturated rings. The highest BCUT2D eigenvalue weighted by molar-refractivity contribution is 5.93. The third kappa shape index (κ3) is 3.09. The standard InChI is InChI=1S/C15H16FN3O3/c16-9-11-10-19(6-8-21-11)15(20)18-12-3-1-5-17-14(12)13-4-2-7-22-13/h1-5,7,11H,6,8-10H2,(H,18,20). The van der Waals surface area contributed by atoms with Gasteiger partial charge in [0.15, 0.2) is 5.76 Å². The van der Waals surface area contributed by atoms with Crippen molar-refractivity contribution in [1.29, 1.82) is 0 Å². The number of halogens is 1. The van der Waals surface area contributed by atoms with Gasteiger partial charge in [0, 0.05) is 12.7 Å². The normalized spacial score (nSPS) is 18.2. The number of carbonyl (C=O) groups is 1. The Balaban J connectivity index is 1.74. The van der Waals surface area contributed by atoms with Crippen LogP contribution in [-0.2, 0) is 4.74 Å². The summed E-state index contributed by atoms with van der Waals surface area (Å²) >= 11 is 0. The van der Waals surface area contributed by atoms with Crippen molar-refractivity contribution in [3.8, 4) is 11.5 Å². The molecule has 1 aliphatic heterocycles. The minimum atomic E-state index is -0.603. The third-order valence-electron chi connectivity index (χ3n) is 3.40. The van der Waals surface area contributed by atoms with Gasteiger partial charge in [-0.25, -0.2) is 9.18 Å². The van der Waals surface area contributed by atoms with Crippen LogP contribution in [-0.4, -0.2) is 48.4 Å². The van der Waals surface area contributed by atoms with Crippen molar-refractivity contribution < 1.29 is 18.3 Å². The van der Waals surface area contributed by atoms with Crippen LogP contribution < -0.4 is 5.32 Å². The second kappa shape index (κ2) is 6.57. The predicted molar refractivity (Wildman–Crippen MR) is 78.2 cm³/mol. The fraction of sp³-hybridized carbons (Fsp3) is 0.333. The molecule has 1 aliphatic rings. The molecule has 3 rings (SSSR count). The molecular formula is C15H16FN3O3. The summed E-state index contributed by atoms with van der Waals surface area (Å²) in [6.07, 6.45) is 2.61. The van der Waals surface area contributed by atoms with Gasteiger partial charge in [-0.05, 0) is 24.3 Å². The van der Waals surface area contributed by atoms with E-state index in [1.807, 2.05) is 0 Å². The Morgan fingerprint density at radius 2 is 2.36 bits per heavy atom. The van der Waals surface area contributed by atoms with Crippen LogP contribution in [0, 0.1) is 0 Å². The van der Waals surface area contributed by atoms with Crippen molar-refractivity contribution in [3.63, 3.8) is 0 Å². The minimum Gasteiger partial charge on any atom is -0.463 e. The van der Waals surface area contributed by atoms with Gasteiger partial charge in [0.1, 0.15) is 18.5 Å². The first-order valence-electron chi connectivity index (χ1n) is 7.00. The molecular weight excluding hydrogens is 289 g/mol. The number of aromatic nitrogens is 1. The van der Waals surface area contributed by atoms with Crippen molar-refractivity contribution in [3.05, 3.63) is 36.7 Å². The number of alkyl halides is 1. The van der Waals surface area contributed by atoms with Gasteiger partial charge in [-0.2, -0.15) is 0 Å². The summed E-state index contributed by atoms with van der Waals surface area (Å²) in [7, 11) is 0. The Labute approximate surface area is 126 Å². The van der Waals surface area contributed by atoms with Crippen molar-refractivity contribution in [2.45, 2.75) is 6.10 Å². The summed E-state index contributed by atoms with van der Waals surface area (Å²) in [6.45, 7) is 0.395. The Bertz CT molecular complexity index is 633. The lowest BCUT2D eigenvalue weighted by Gasteiger charge is -2.31. The lowest BCUT2D eigenvalue weighted by atomic mass is 10.2. The summed E-state index contributed by atoms with van der Waals surface area (Å²) in [5.41, 5.74) is 1.10. The second-order valence-electron chi connectivity index (χ2n) is 4.90. The van der Waals surface area contributed by atoms with Gasteiger partial charge in [-0.1, -0.05) is 0 Å². The monoisotopic (exact) mass is 305 g/mol. The predicted octanol–water partition coefficient (Wildman–Crippen LogP) is 2.54. The molecule has 1 atom stereocenters. The first-order valence-corrected chi connectivity index (χ1v) is 7.00. The van der Waals surface area contributed by atoms with Crippen LogP contribution in [0.3, 0.4) is 0 Å². The molecule has 0 spiro atoms. The van der Waals surface area contributed by atoms with Gasteiger partial charge in [0.2, 0.25) is 0 Å². The number of amides is 2. The van der Waals surface area contributed by atoms with E-state index in [2.05, 4.69) is 10.3 Å². The van der Waals surface area contributed by atoms with Crippen LogP contribution in [0.4, 0.5) is 14.9 Å². The molecule has 22 heavy (non-hydrogen) atoms. The zero-order valence-corrected chi connectivity index (χ0v) is 11.9. The SMILES string of the molecule is O=C(Nc1cccnc1-c1ccco1)N1CCOC(CF)C1. The van der Waals surface area contributed by atoms with Crippen LogP contribution in [0.25, 0.3) is 11.5 Å². The maximum Gasteiger partial charge on any atom is 0.322 e. The highest BCUT2D eigenvalue weighted by Crippen LogP contribution is 2.26. The number of anilines is 1. The molecule has 2 amide bonds. The molecule has 116 valence electrons. The molecule has 2 aromatic heterocycles. The number of urea groups is 1. The lowest BCUT2D eigenvalue weighted by Crippen LogP contribution is -2.48. The van der Waals surface area contributed by atoms with Gasteiger partial charge in [-0.3, -0.25) is 4.98 Å². The van der Waals surface area contributed by atoms with Gasteiger partial charge < -0.3 is 19.4 Å². The first-order chi connectivity index (χ1) is 10.8. The Morgan fingerprint density at radius 1 is 1.45 bits per heavy atom. The summed E-state index contributed by atoms with van der Waals surface area (Å²) in [5, 5.41) is 2.80. The number of morpholine rings is 1. The van der Waals surface area contributed by atoms with Crippen molar-refractivity contribution in [2.75, 3.05) is 31.7 Å². The van der Waals surface area contributed by atoms with Crippen LogP contribution in [0.2, 0.25) is 0 Å². The van der Waals surface area contributed by atoms with E-state index < -0.39 is 12.8 Å². The van der Waals surface area contributed by atoms with Crippen LogP contribution in [0.5, 0.6) is 0 Å². The Hall–Kier alpha value is -2.41. The van der Waals surface area contributed by atoms with Crippen LogP contribution >= 0.6 is 0 Å². The maximum atomic E-state index is 12.7. The molecule has 1 unspecified atom stereocenters. The molecule has 0 bridgehead atoms. The fourth-order valence-electron chi connectivity index (χ4n) is 2.31. The van der Waals surface area contributed by atoms with E-state index in [-0.39, 0.29) is 12.6 Å². The van der Waals surface area contributed by atoms with Crippen molar-refractivity contribution >= 4 is 11.7 Å². The highest BCUT2D eigenvalue weighted by Gasteiger charge is 2.25. The molecule has 1 saturated heterocycles. The number of pyridine rings is 1. The molecule has 6 nitrogen and oxygen atoms in total. The molecule has 0 saturated carbocycles. The fourth-order valence-corrected chi connectivity index (χ4v) is 2.31. The number of hydrogen-bond donors (Lipinski definition) is 1. The number of hydrogen-bond acceptors (Lipinski definition) is 4. The van der Waals surface area contributed by atoms with E-state index >= 15 is 0 Å². The number of furan rings is 1. The summed E-state index contributed by atoms with van der Waals surface area (Å²) in [4.78, 5) is 18.1. The van der Waals surface area contributed by atoms with Crippen LogP contribution in [0.15, 0.2) is 41.1 Å². The number of carbonyl (C=O) groups excluding carboxylic acids is 1. The molecule has 2 aromatic rings. The second-order valence-corrected chi connectivity index (χ2v) is 4.90. The van der Waals surface area contributed by atoms with E-state index in [4.69, 9.17) is 9.15 Å². The van der Waals surface area contributed by atoms with Crippen molar-refractivity contribution in [2.24, 2.45) is 0 Å². The first kappa shape index (κ1) is 14.5. The number of nitrogens with zero attached hydrogens (tertiary/aromatic N) is 2. The van der Waals surface area contributed by atoms with Gasteiger partial charge in [0.05, 0.1) is 25.1 Å². The Morgan fingerprint density at radius 3 is 3.14 bits per heavy atom. The van der Waals surface area contributed by atoms with E-state index in [1.165, 1.54) is 4.90 Å². The molecule has 7 heteroatoms. The average molecular weight is 305 g/mol. The van der Waals surface area contributed by atoms with Crippen molar-refractivity contribution in [1.82, 2.24) is 9.88 Å². The highest BCUT2D eigenvalue weighted by atomic mass is 19.1. The smallest absolute Gasteiger partial charge is 0.322 e. The lowest BCUT2D eigenvalue weighted by molar-refractivity contribution is -0.0233. The molecule has 1 N–H and O–H groups in total. The number of rotatable bonds is 3. The van der Waals surface area contributed by atoms with E-state index in [1.54, 1.807) is 36.7 Å². The maximum absolute atomic E-state index is 12.7. The van der Waals surface area contributed by atoms with Gasteiger partial charge in [-0.15, -0.1) is 0 Å². The largest absolute Gasteiger partial charge is 0.463 e. The number of ether oxygens (including phenoxy) is 1. The summed E-state index contributed by atoms with van der Waals surface area (Å²) in [6, 6.07) is 6.69. The molecule has 3 heterocycles. The average Bonchev–Trinajstić information content (AvgIpc) is 3.09. The topological polar surface area (TPSA) is 67.6 Å². The minimum absolute atomic E-state index is 0.235. The quantitative estimate of drug-likeness (QED) is 0.946. The zero-order valence-electron chi connectivity index (χ0n) is 11.9. The van der Waals surface area contributed by atoms with Crippen LogP contribution in [0.1, 0.15) is 0 Å². The van der Waals surface area contributed by atoms with E-state index in [0.717, 1.165) is 0 Å². The molecule has 0 aromatic carbocycles. The van der Waals surface area contributed by atoms with E-state index in [9.17, 15) is 9.18 Å². The summed E-state index contributed by atoms with van der Waals surface area (Å²) in [5.74, 6) is 0.569. The third-order valence-corrected chi connectivity index (χ3v) is 3.40. The van der Waals surface area contributed by atoms with E-state index in [0.29, 0.717) is 30.3 Å². The molecule has 0 aliphatic carbocycles. The summed E-state index contributed by atoms with van der Waals surface area (Å²) < 4.78 is 23.2. The number of nitrogens with one attached hydrogen (secondary N) is 1. The van der Waals surface area contributed by atoms with Gasteiger partial charge in [0.25, 0.3) is 0 Å².